The van der Waals surface area contributed by atoms with Crippen LogP contribution in [0.3, 0.4) is 0 Å². The highest BCUT2D eigenvalue weighted by Gasteiger charge is 2.20. The van der Waals surface area contributed by atoms with Gasteiger partial charge in [0.2, 0.25) is 5.88 Å². The zero-order chi connectivity index (χ0) is 16.2. The third kappa shape index (κ3) is 3.80. The Balaban J connectivity index is 1.78. The number of aromatic nitrogens is 2. The number of rotatable bonds is 5. The molecule has 1 N–H and O–H groups in total. The average Bonchev–Trinajstić information content (AvgIpc) is 2.73. The van der Waals surface area contributed by atoms with Gasteiger partial charge in [-0.05, 0) is 37.2 Å². The van der Waals surface area contributed by atoms with Gasteiger partial charge in [-0.3, -0.25) is 4.79 Å². The fraction of sp³-hybridized carbons (Fsp3) is 0.588. The van der Waals surface area contributed by atoms with Crippen LogP contribution >= 0.6 is 11.3 Å². The van der Waals surface area contributed by atoms with Gasteiger partial charge in [-0.15, -0.1) is 11.3 Å². The molecule has 0 saturated carbocycles. The van der Waals surface area contributed by atoms with E-state index in [1.54, 1.807) is 11.3 Å². The van der Waals surface area contributed by atoms with Crippen molar-refractivity contribution in [1.82, 2.24) is 15.3 Å². The summed E-state index contributed by atoms with van der Waals surface area (Å²) < 4.78 is 5.72. The van der Waals surface area contributed by atoms with Crippen molar-refractivity contribution in [1.29, 1.82) is 0 Å². The number of thiophene rings is 1. The Hall–Kier alpha value is -1.69. The maximum Gasteiger partial charge on any atom is 0.258 e. The van der Waals surface area contributed by atoms with E-state index in [-0.39, 0.29) is 12.5 Å². The lowest BCUT2D eigenvalue weighted by Gasteiger charge is -2.09. The fourth-order valence-electron chi connectivity index (χ4n) is 2.85. The minimum absolute atomic E-state index is 0.00343. The lowest BCUT2D eigenvalue weighted by atomic mass is 10.1. The number of ether oxygens (including phenoxy) is 1. The molecule has 1 amide bonds. The molecule has 6 heteroatoms. The largest absolute Gasteiger partial charge is 0.467 e. The molecule has 124 valence electrons. The summed E-state index contributed by atoms with van der Waals surface area (Å²) in [6.45, 7) is 4.80. The van der Waals surface area contributed by atoms with E-state index in [9.17, 15) is 4.79 Å². The van der Waals surface area contributed by atoms with Crippen LogP contribution in [0.2, 0.25) is 0 Å². The van der Waals surface area contributed by atoms with E-state index < -0.39 is 0 Å². The van der Waals surface area contributed by atoms with E-state index >= 15 is 0 Å². The van der Waals surface area contributed by atoms with Crippen LogP contribution in [0.15, 0.2) is 6.33 Å². The van der Waals surface area contributed by atoms with Crippen LogP contribution in [0.1, 0.15) is 43.6 Å². The summed E-state index contributed by atoms with van der Waals surface area (Å²) in [5.74, 6) is 0.873. The molecule has 2 heterocycles. The molecule has 0 bridgehead atoms. The average molecular weight is 333 g/mol. The molecule has 0 radical (unpaired) electrons. The van der Waals surface area contributed by atoms with E-state index in [1.807, 2.05) is 0 Å². The second-order valence-electron chi connectivity index (χ2n) is 6.41. The molecule has 0 unspecified atom stereocenters. The summed E-state index contributed by atoms with van der Waals surface area (Å²) >= 11 is 1.74. The lowest BCUT2D eigenvalue weighted by molar-refractivity contribution is -0.123. The van der Waals surface area contributed by atoms with Crippen LogP contribution in [-0.4, -0.2) is 29.0 Å². The van der Waals surface area contributed by atoms with Gasteiger partial charge in [0, 0.05) is 11.4 Å². The van der Waals surface area contributed by atoms with Gasteiger partial charge >= 0.3 is 0 Å². The summed E-state index contributed by atoms with van der Waals surface area (Å²) in [7, 11) is 0. The fourth-order valence-corrected chi connectivity index (χ4v) is 4.07. The SMILES string of the molecule is CC(C)CNC(=O)COc1ncnc2sc3c(c12)CCCCC3. The quantitative estimate of drug-likeness (QED) is 0.854. The highest BCUT2D eigenvalue weighted by molar-refractivity contribution is 7.18. The van der Waals surface area contributed by atoms with E-state index in [0.29, 0.717) is 18.3 Å². The summed E-state index contributed by atoms with van der Waals surface area (Å²) in [5, 5.41) is 3.88. The number of fused-ring (bicyclic) bond motifs is 3. The summed E-state index contributed by atoms with van der Waals surface area (Å²) in [4.78, 5) is 22.9. The first kappa shape index (κ1) is 16.2. The maximum atomic E-state index is 11.9. The zero-order valence-corrected chi connectivity index (χ0v) is 14.5. The van der Waals surface area contributed by atoms with Crippen LogP contribution in [0.4, 0.5) is 0 Å². The number of carbonyl (C=O) groups is 1. The Morgan fingerprint density at radius 1 is 1.30 bits per heavy atom. The van der Waals surface area contributed by atoms with Crippen molar-refractivity contribution in [3.63, 3.8) is 0 Å². The normalized spacial score (nSPS) is 14.6. The molecular formula is C17H23N3O2S. The van der Waals surface area contributed by atoms with Crippen LogP contribution < -0.4 is 10.1 Å². The second kappa shape index (κ2) is 7.25. The van der Waals surface area contributed by atoms with Crippen molar-refractivity contribution in [2.45, 2.75) is 46.0 Å². The summed E-state index contributed by atoms with van der Waals surface area (Å²) in [6, 6.07) is 0. The molecule has 0 aliphatic heterocycles. The third-order valence-electron chi connectivity index (χ3n) is 4.01. The Morgan fingerprint density at radius 3 is 2.96 bits per heavy atom. The number of aryl methyl sites for hydroxylation is 2. The Morgan fingerprint density at radius 2 is 2.13 bits per heavy atom. The number of nitrogens with zero attached hydrogens (tertiary/aromatic N) is 2. The molecule has 0 saturated heterocycles. The molecule has 0 spiro atoms. The molecule has 1 aliphatic carbocycles. The molecule has 1 aliphatic rings. The first-order valence-electron chi connectivity index (χ1n) is 8.30. The number of nitrogens with one attached hydrogen (secondary N) is 1. The number of carbonyl (C=O) groups excluding carboxylic acids is 1. The van der Waals surface area contributed by atoms with Crippen molar-refractivity contribution in [2.24, 2.45) is 5.92 Å². The van der Waals surface area contributed by atoms with Crippen LogP contribution in [0, 0.1) is 5.92 Å². The molecule has 0 atom stereocenters. The van der Waals surface area contributed by atoms with Crippen molar-refractivity contribution < 1.29 is 9.53 Å². The topological polar surface area (TPSA) is 64.1 Å². The number of hydrogen-bond acceptors (Lipinski definition) is 5. The monoisotopic (exact) mass is 333 g/mol. The number of amides is 1. The first-order chi connectivity index (χ1) is 11.1. The molecule has 0 aromatic carbocycles. The molecule has 2 aromatic rings. The van der Waals surface area contributed by atoms with Gasteiger partial charge in [-0.1, -0.05) is 20.3 Å². The Bertz CT molecular complexity index is 696. The van der Waals surface area contributed by atoms with E-state index in [4.69, 9.17) is 4.74 Å². The first-order valence-corrected chi connectivity index (χ1v) is 9.11. The smallest absolute Gasteiger partial charge is 0.258 e. The van der Waals surface area contributed by atoms with Gasteiger partial charge in [-0.2, -0.15) is 0 Å². The Kier molecular flexibility index (Phi) is 5.10. The van der Waals surface area contributed by atoms with Gasteiger partial charge in [0.25, 0.3) is 5.91 Å². The lowest BCUT2D eigenvalue weighted by Crippen LogP contribution is -2.31. The van der Waals surface area contributed by atoms with Crippen molar-refractivity contribution in [3.8, 4) is 5.88 Å². The van der Waals surface area contributed by atoms with Gasteiger partial charge in [0.1, 0.15) is 11.2 Å². The van der Waals surface area contributed by atoms with Crippen molar-refractivity contribution >= 4 is 27.5 Å². The standard InChI is InChI=1S/C17H23N3O2S/c1-11(2)8-18-14(21)9-22-16-15-12-6-4-3-5-7-13(12)23-17(15)20-10-19-16/h10-11H,3-9H2,1-2H3,(H,18,21). The van der Waals surface area contributed by atoms with Gasteiger partial charge in [0.15, 0.2) is 6.61 Å². The highest BCUT2D eigenvalue weighted by Crippen LogP contribution is 2.38. The molecule has 3 rings (SSSR count). The highest BCUT2D eigenvalue weighted by atomic mass is 32.1. The van der Waals surface area contributed by atoms with Crippen LogP contribution in [0.5, 0.6) is 5.88 Å². The molecular weight excluding hydrogens is 310 g/mol. The number of hydrogen-bond donors (Lipinski definition) is 1. The van der Waals surface area contributed by atoms with Gasteiger partial charge in [-0.25, -0.2) is 9.97 Å². The molecule has 23 heavy (non-hydrogen) atoms. The maximum absolute atomic E-state index is 11.9. The summed E-state index contributed by atoms with van der Waals surface area (Å²) in [6.07, 6.45) is 7.40. The van der Waals surface area contributed by atoms with Crippen molar-refractivity contribution in [3.05, 3.63) is 16.8 Å². The van der Waals surface area contributed by atoms with Gasteiger partial charge < -0.3 is 10.1 Å². The molecule has 5 nitrogen and oxygen atoms in total. The second-order valence-corrected chi connectivity index (χ2v) is 7.49. The van der Waals surface area contributed by atoms with Crippen LogP contribution in [0.25, 0.3) is 10.2 Å². The minimum atomic E-state index is -0.105. The predicted molar refractivity (Wildman–Crippen MR) is 92.0 cm³/mol. The minimum Gasteiger partial charge on any atom is -0.467 e. The van der Waals surface area contributed by atoms with E-state index in [1.165, 1.54) is 36.0 Å². The van der Waals surface area contributed by atoms with E-state index in [2.05, 4.69) is 29.1 Å². The molecule has 0 fully saturated rings. The third-order valence-corrected chi connectivity index (χ3v) is 5.21. The Labute approximate surface area is 140 Å². The van der Waals surface area contributed by atoms with Gasteiger partial charge in [0.05, 0.1) is 5.39 Å². The molecule has 2 aromatic heterocycles. The summed E-state index contributed by atoms with van der Waals surface area (Å²) in [5.41, 5.74) is 1.33. The van der Waals surface area contributed by atoms with Crippen LogP contribution in [-0.2, 0) is 17.6 Å². The van der Waals surface area contributed by atoms with E-state index in [0.717, 1.165) is 23.1 Å². The van der Waals surface area contributed by atoms with Crippen molar-refractivity contribution in [2.75, 3.05) is 13.2 Å². The zero-order valence-electron chi connectivity index (χ0n) is 13.7. The predicted octanol–water partition coefficient (Wildman–Crippen LogP) is 3.11.